The van der Waals surface area contributed by atoms with Crippen LogP contribution < -0.4 is 0 Å². The first kappa shape index (κ1) is 14.1. The van der Waals surface area contributed by atoms with E-state index in [9.17, 15) is 18.0 Å². The van der Waals surface area contributed by atoms with Crippen LogP contribution in [-0.2, 0) is 4.79 Å². The van der Waals surface area contributed by atoms with E-state index in [0.29, 0.717) is 16.5 Å². The second-order valence-electron chi connectivity index (χ2n) is 4.20. The van der Waals surface area contributed by atoms with Crippen LogP contribution in [0.4, 0.5) is 13.2 Å². The fraction of sp³-hybridized carbons (Fsp3) is 0.308. The molecule has 2 rings (SSSR count). The van der Waals surface area contributed by atoms with E-state index in [0.717, 1.165) is 4.90 Å². The lowest BCUT2D eigenvalue weighted by molar-refractivity contribution is -0.187. The first-order valence-electron chi connectivity index (χ1n) is 5.68. The fourth-order valence-corrected chi connectivity index (χ4v) is 2.64. The summed E-state index contributed by atoms with van der Waals surface area (Å²) in [5.41, 5.74) is 0.685. The zero-order chi connectivity index (χ0) is 14.0. The van der Waals surface area contributed by atoms with Crippen LogP contribution in [0.2, 0.25) is 0 Å². The maximum Gasteiger partial charge on any atom is 0.471 e. The molecule has 0 bridgehead atoms. The maximum atomic E-state index is 12.6. The van der Waals surface area contributed by atoms with E-state index in [1.54, 1.807) is 36.4 Å². The molecule has 0 saturated heterocycles. The van der Waals surface area contributed by atoms with Gasteiger partial charge in [-0.25, -0.2) is 0 Å². The zero-order valence-electron chi connectivity index (χ0n) is 9.82. The van der Waals surface area contributed by atoms with Gasteiger partial charge < -0.3 is 4.90 Å². The highest BCUT2D eigenvalue weighted by Crippen LogP contribution is 2.35. The Morgan fingerprint density at radius 2 is 1.95 bits per heavy atom. The summed E-state index contributed by atoms with van der Waals surface area (Å²) >= 11 is 3.32. The van der Waals surface area contributed by atoms with Crippen molar-refractivity contribution in [1.82, 2.24) is 4.90 Å². The molecular formula is C13H11BrF3NO. The normalized spacial score (nSPS) is 19.6. The highest BCUT2D eigenvalue weighted by molar-refractivity contribution is 9.10. The Labute approximate surface area is 117 Å². The SMILES string of the molecule is O=C(N1CC=CCC1c1ccccc1Br)C(F)(F)F. The number of carbonyl (C=O) groups excluding carboxylic acids is 1. The molecule has 0 aromatic heterocycles. The Morgan fingerprint density at radius 3 is 2.58 bits per heavy atom. The predicted octanol–water partition coefficient (Wildman–Crippen LogP) is 3.84. The molecule has 0 saturated carbocycles. The number of nitrogens with zero attached hydrogens (tertiary/aromatic N) is 1. The molecule has 0 radical (unpaired) electrons. The number of alkyl halides is 3. The van der Waals surface area contributed by atoms with Gasteiger partial charge in [-0.3, -0.25) is 4.79 Å². The number of hydrogen-bond donors (Lipinski definition) is 0. The van der Waals surface area contributed by atoms with Crippen molar-refractivity contribution in [1.29, 1.82) is 0 Å². The second-order valence-corrected chi connectivity index (χ2v) is 5.05. The summed E-state index contributed by atoms with van der Waals surface area (Å²) in [5, 5.41) is 0. The van der Waals surface area contributed by atoms with Crippen molar-refractivity contribution in [2.24, 2.45) is 0 Å². The summed E-state index contributed by atoms with van der Waals surface area (Å²) in [6.07, 6.45) is -1.09. The Kier molecular flexibility index (Phi) is 3.99. The molecular weight excluding hydrogens is 323 g/mol. The highest BCUT2D eigenvalue weighted by Gasteiger charge is 2.45. The predicted molar refractivity (Wildman–Crippen MR) is 68.4 cm³/mol. The Bertz CT molecular complexity index is 513. The van der Waals surface area contributed by atoms with E-state index in [-0.39, 0.29) is 6.54 Å². The van der Waals surface area contributed by atoms with Gasteiger partial charge >= 0.3 is 12.1 Å². The number of hydrogen-bond acceptors (Lipinski definition) is 1. The molecule has 0 spiro atoms. The number of halogens is 4. The van der Waals surface area contributed by atoms with Gasteiger partial charge in [0.1, 0.15) is 0 Å². The molecule has 1 aliphatic rings. The summed E-state index contributed by atoms with van der Waals surface area (Å²) in [7, 11) is 0. The average Bonchev–Trinajstić information content (AvgIpc) is 2.37. The van der Waals surface area contributed by atoms with Gasteiger partial charge in [-0.1, -0.05) is 46.3 Å². The van der Waals surface area contributed by atoms with Crippen LogP contribution in [0.1, 0.15) is 18.0 Å². The minimum Gasteiger partial charge on any atom is -0.324 e. The summed E-state index contributed by atoms with van der Waals surface area (Å²) in [6.45, 7) is -0.0235. The third kappa shape index (κ3) is 3.00. The smallest absolute Gasteiger partial charge is 0.324 e. The van der Waals surface area contributed by atoms with Crippen LogP contribution >= 0.6 is 15.9 Å². The molecule has 0 aliphatic carbocycles. The van der Waals surface area contributed by atoms with E-state index in [2.05, 4.69) is 15.9 Å². The average molecular weight is 334 g/mol. The van der Waals surface area contributed by atoms with Gasteiger partial charge in [0.25, 0.3) is 0 Å². The largest absolute Gasteiger partial charge is 0.471 e. The summed E-state index contributed by atoms with van der Waals surface area (Å²) in [4.78, 5) is 12.3. The Morgan fingerprint density at radius 1 is 1.26 bits per heavy atom. The number of carbonyl (C=O) groups is 1. The molecule has 2 nitrogen and oxygen atoms in total. The molecule has 0 fully saturated rings. The van der Waals surface area contributed by atoms with Crippen LogP contribution in [0.25, 0.3) is 0 Å². The van der Waals surface area contributed by atoms with Crippen LogP contribution in [-0.4, -0.2) is 23.5 Å². The molecule has 1 atom stereocenters. The van der Waals surface area contributed by atoms with E-state index in [1.807, 2.05) is 0 Å². The minimum atomic E-state index is -4.84. The molecule has 0 N–H and O–H groups in total. The maximum absolute atomic E-state index is 12.6. The number of rotatable bonds is 1. The van der Waals surface area contributed by atoms with E-state index >= 15 is 0 Å². The van der Waals surface area contributed by atoms with Crippen molar-refractivity contribution >= 4 is 21.8 Å². The molecule has 1 aromatic carbocycles. The van der Waals surface area contributed by atoms with Crippen molar-refractivity contribution in [2.75, 3.05) is 6.54 Å². The molecule has 1 unspecified atom stereocenters. The standard InChI is InChI=1S/C13H11BrF3NO/c14-10-6-2-1-5-9(10)11-7-3-4-8-18(11)12(19)13(15,16)17/h1-6,11H,7-8H2. The van der Waals surface area contributed by atoms with Gasteiger partial charge in [-0.15, -0.1) is 0 Å². The molecule has 102 valence electrons. The monoisotopic (exact) mass is 333 g/mol. The van der Waals surface area contributed by atoms with E-state index in [1.165, 1.54) is 0 Å². The van der Waals surface area contributed by atoms with Crippen LogP contribution in [0.5, 0.6) is 0 Å². The third-order valence-electron chi connectivity index (χ3n) is 2.97. The minimum absolute atomic E-state index is 0.0235. The molecule has 6 heteroatoms. The lowest BCUT2D eigenvalue weighted by atomic mass is 9.99. The molecule has 1 aliphatic heterocycles. The Hall–Kier alpha value is -1.30. The topological polar surface area (TPSA) is 20.3 Å². The molecule has 19 heavy (non-hydrogen) atoms. The molecule has 1 aromatic rings. The Balaban J connectivity index is 2.35. The van der Waals surface area contributed by atoms with Crippen molar-refractivity contribution in [3.63, 3.8) is 0 Å². The highest BCUT2D eigenvalue weighted by atomic mass is 79.9. The first-order valence-corrected chi connectivity index (χ1v) is 6.48. The van der Waals surface area contributed by atoms with Gasteiger partial charge in [-0.2, -0.15) is 13.2 Å². The quantitative estimate of drug-likeness (QED) is 0.715. The van der Waals surface area contributed by atoms with Crippen LogP contribution in [0, 0.1) is 0 Å². The van der Waals surface area contributed by atoms with E-state index in [4.69, 9.17) is 0 Å². The summed E-state index contributed by atoms with van der Waals surface area (Å²) in [6, 6.07) is 6.42. The molecule has 1 amide bonds. The number of benzene rings is 1. The van der Waals surface area contributed by atoms with Gasteiger partial charge in [0.15, 0.2) is 0 Å². The fourth-order valence-electron chi connectivity index (χ4n) is 2.10. The van der Waals surface area contributed by atoms with Gasteiger partial charge in [-0.05, 0) is 18.1 Å². The lowest BCUT2D eigenvalue weighted by Gasteiger charge is -2.34. The van der Waals surface area contributed by atoms with Crippen molar-refractivity contribution in [3.05, 3.63) is 46.5 Å². The van der Waals surface area contributed by atoms with Gasteiger partial charge in [0.2, 0.25) is 0 Å². The third-order valence-corrected chi connectivity index (χ3v) is 3.69. The number of amides is 1. The van der Waals surface area contributed by atoms with Crippen LogP contribution in [0.3, 0.4) is 0 Å². The second kappa shape index (κ2) is 5.36. The molecule has 1 heterocycles. The van der Waals surface area contributed by atoms with Crippen LogP contribution in [0.15, 0.2) is 40.9 Å². The first-order chi connectivity index (χ1) is 8.91. The van der Waals surface area contributed by atoms with Gasteiger partial charge in [0, 0.05) is 11.0 Å². The van der Waals surface area contributed by atoms with Crippen molar-refractivity contribution in [3.8, 4) is 0 Å². The lowest BCUT2D eigenvalue weighted by Crippen LogP contribution is -2.44. The van der Waals surface area contributed by atoms with E-state index < -0.39 is 18.1 Å². The van der Waals surface area contributed by atoms with Crippen molar-refractivity contribution < 1.29 is 18.0 Å². The summed E-state index contributed by atoms with van der Waals surface area (Å²) < 4.78 is 38.5. The zero-order valence-corrected chi connectivity index (χ0v) is 11.4. The van der Waals surface area contributed by atoms with Gasteiger partial charge in [0.05, 0.1) is 6.04 Å². The van der Waals surface area contributed by atoms with Crippen molar-refractivity contribution in [2.45, 2.75) is 18.6 Å². The summed E-state index contributed by atoms with van der Waals surface area (Å²) in [5.74, 6) is -1.79.